The van der Waals surface area contributed by atoms with Gasteiger partial charge in [0.15, 0.2) is 5.82 Å². The first-order valence-electron chi connectivity index (χ1n) is 5.16. The molecule has 0 bridgehead atoms. The van der Waals surface area contributed by atoms with Crippen molar-refractivity contribution in [2.24, 2.45) is 0 Å². The van der Waals surface area contributed by atoms with Crippen molar-refractivity contribution >= 4 is 5.69 Å². The number of hydrogen-bond acceptors (Lipinski definition) is 4. The van der Waals surface area contributed by atoms with Gasteiger partial charge in [0.25, 0.3) is 6.35 Å². The van der Waals surface area contributed by atoms with Crippen LogP contribution in [0.4, 0.5) is 23.4 Å². The SMILES string of the molecule is FOC1Nc2ccc(C(F)(F)F)cc2-c2ncnn21. The van der Waals surface area contributed by atoms with E-state index in [-0.39, 0.29) is 17.1 Å². The summed E-state index contributed by atoms with van der Waals surface area (Å²) in [5.74, 6) is 0.0995. The summed E-state index contributed by atoms with van der Waals surface area (Å²) in [4.78, 5) is 7.47. The van der Waals surface area contributed by atoms with Crippen LogP contribution in [0.1, 0.15) is 11.9 Å². The molecule has 2 aromatic rings. The lowest BCUT2D eigenvalue weighted by Crippen LogP contribution is -2.25. The Morgan fingerprint density at radius 3 is 2.79 bits per heavy atom. The largest absolute Gasteiger partial charge is 0.416 e. The molecule has 0 spiro atoms. The van der Waals surface area contributed by atoms with Crippen molar-refractivity contribution in [1.29, 1.82) is 0 Å². The molecule has 100 valence electrons. The standard InChI is InChI=1S/C10H6F4N4O/c11-10(12,13)5-1-2-7-6(3-5)8-15-4-16-18(8)9(17-7)19-14/h1-4,9,17H. The zero-order valence-electron chi connectivity index (χ0n) is 9.15. The average Bonchev–Trinajstić information content (AvgIpc) is 2.85. The molecule has 0 radical (unpaired) electrons. The second kappa shape index (κ2) is 3.92. The van der Waals surface area contributed by atoms with Gasteiger partial charge in [-0.05, 0) is 22.7 Å². The summed E-state index contributed by atoms with van der Waals surface area (Å²) >= 11 is 0. The van der Waals surface area contributed by atoms with Gasteiger partial charge in [0.05, 0.1) is 5.56 Å². The van der Waals surface area contributed by atoms with Gasteiger partial charge in [-0.15, -0.1) is 4.94 Å². The van der Waals surface area contributed by atoms with Gasteiger partial charge in [0.1, 0.15) is 6.33 Å². The molecule has 0 amide bonds. The van der Waals surface area contributed by atoms with Crippen molar-refractivity contribution < 1.29 is 22.6 Å². The minimum atomic E-state index is -4.46. The molecule has 1 aromatic heterocycles. The third-order valence-electron chi connectivity index (χ3n) is 2.75. The molecule has 5 nitrogen and oxygen atoms in total. The molecule has 9 heteroatoms. The normalized spacial score (nSPS) is 17.6. The highest BCUT2D eigenvalue weighted by Crippen LogP contribution is 2.39. The summed E-state index contributed by atoms with van der Waals surface area (Å²) in [7, 11) is 0. The second-order valence-electron chi connectivity index (χ2n) is 3.87. The summed E-state index contributed by atoms with van der Waals surface area (Å²) in [6, 6.07) is 3.02. The van der Waals surface area contributed by atoms with Crippen LogP contribution in [-0.4, -0.2) is 14.8 Å². The zero-order valence-corrected chi connectivity index (χ0v) is 9.15. The average molecular weight is 274 g/mol. The highest BCUT2D eigenvalue weighted by atomic mass is 19.4. The Kier molecular flexibility index (Phi) is 2.45. The van der Waals surface area contributed by atoms with Crippen LogP contribution < -0.4 is 5.32 Å². The lowest BCUT2D eigenvalue weighted by atomic mass is 10.1. The fourth-order valence-electron chi connectivity index (χ4n) is 1.90. The molecule has 2 heterocycles. The lowest BCUT2D eigenvalue weighted by molar-refractivity contribution is -0.200. The number of fused-ring (bicyclic) bond motifs is 3. The fraction of sp³-hybridized carbons (Fsp3) is 0.200. The third kappa shape index (κ3) is 1.82. The van der Waals surface area contributed by atoms with E-state index in [1.54, 1.807) is 0 Å². The Bertz CT molecular complexity index is 624. The van der Waals surface area contributed by atoms with Gasteiger partial charge in [-0.3, -0.25) is 0 Å². The monoisotopic (exact) mass is 274 g/mol. The maximum atomic E-state index is 12.7. The summed E-state index contributed by atoms with van der Waals surface area (Å²) in [6.45, 7) is 0. The molecule has 0 aliphatic carbocycles. The number of benzene rings is 1. The molecule has 0 saturated heterocycles. The van der Waals surface area contributed by atoms with Crippen LogP contribution in [0.5, 0.6) is 0 Å². The number of nitrogens with zero attached hydrogens (tertiary/aromatic N) is 3. The molecular weight excluding hydrogens is 268 g/mol. The molecule has 1 aromatic carbocycles. The van der Waals surface area contributed by atoms with Gasteiger partial charge in [-0.1, -0.05) is 0 Å². The number of halogens is 4. The smallest absolute Gasteiger partial charge is 0.338 e. The summed E-state index contributed by atoms with van der Waals surface area (Å²) in [5.41, 5.74) is -0.348. The van der Waals surface area contributed by atoms with Gasteiger partial charge in [0.2, 0.25) is 0 Å². The number of hydrogen-bond donors (Lipinski definition) is 1. The van der Waals surface area contributed by atoms with E-state index < -0.39 is 18.1 Å². The van der Waals surface area contributed by atoms with E-state index >= 15 is 0 Å². The van der Waals surface area contributed by atoms with Crippen molar-refractivity contribution in [3.05, 3.63) is 30.1 Å². The van der Waals surface area contributed by atoms with E-state index in [1.807, 2.05) is 0 Å². The summed E-state index contributed by atoms with van der Waals surface area (Å²) in [5, 5.41) is 6.26. The number of aromatic nitrogens is 3. The number of anilines is 1. The van der Waals surface area contributed by atoms with E-state index in [4.69, 9.17) is 0 Å². The van der Waals surface area contributed by atoms with Gasteiger partial charge in [0, 0.05) is 11.3 Å². The van der Waals surface area contributed by atoms with E-state index in [1.165, 1.54) is 6.07 Å². The molecule has 1 aliphatic rings. The molecule has 1 aliphatic heterocycles. The van der Waals surface area contributed by atoms with Crippen molar-refractivity contribution in [3.8, 4) is 11.4 Å². The molecule has 19 heavy (non-hydrogen) atoms. The quantitative estimate of drug-likeness (QED) is 0.812. The van der Waals surface area contributed by atoms with Gasteiger partial charge < -0.3 is 5.32 Å². The Morgan fingerprint density at radius 2 is 2.11 bits per heavy atom. The van der Waals surface area contributed by atoms with Crippen LogP contribution in [0.2, 0.25) is 0 Å². The number of rotatable bonds is 1. The molecule has 1 atom stereocenters. The van der Waals surface area contributed by atoms with E-state index in [2.05, 4.69) is 20.3 Å². The van der Waals surface area contributed by atoms with E-state index in [0.717, 1.165) is 23.1 Å². The van der Waals surface area contributed by atoms with Crippen molar-refractivity contribution in [2.75, 3.05) is 5.32 Å². The van der Waals surface area contributed by atoms with Crippen LogP contribution in [0, 0.1) is 0 Å². The van der Waals surface area contributed by atoms with Crippen LogP contribution in [0.15, 0.2) is 24.5 Å². The van der Waals surface area contributed by atoms with Crippen LogP contribution >= 0.6 is 0 Å². The topological polar surface area (TPSA) is 52.0 Å². The maximum Gasteiger partial charge on any atom is 0.416 e. The zero-order chi connectivity index (χ0) is 13.6. The second-order valence-corrected chi connectivity index (χ2v) is 3.87. The molecule has 3 rings (SSSR count). The molecule has 1 N–H and O–H groups in total. The van der Waals surface area contributed by atoms with E-state index in [0.29, 0.717) is 0 Å². The van der Waals surface area contributed by atoms with Crippen molar-refractivity contribution in [3.63, 3.8) is 0 Å². The van der Waals surface area contributed by atoms with Gasteiger partial charge in [-0.2, -0.15) is 23.0 Å². The van der Waals surface area contributed by atoms with Gasteiger partial charge in [-0.25, -0.2) is 4.98 Å². The van der Waals surface area contributed by atoms with Crippen LogP contribution in [0.3, 0.4) is 0 Å². The fourth-order valence-corrected chi connectivity index (χ4v) is 1.90. The van der Waals surface area contributed by atoms with Crippen LogP contribution in [0.25, 0.3) is 11.4 Å². The lowest BCUT2D eigenvalue weighted by Gasteiger charge is -2.25. The Morgan fingerprint density at radius 1 is 1.32 bits per heavy atom. The Labute approximate surface area is 103 Å². The predicted molar refractivity (Wildman–Crippen MR) is 55.3 cm³/mol. The number of nitrogens with one attached hydrogen (secondary N) is 1. The van der Waals surface area contributed by atoms with Crippen molar-refractivity contribution in [2.45, 2.75) is 12.5 Å². The maximum absolute atomic E-state index is 12.7. The van der Waals surface area contributed by atoms with Gasteiger partial charge >= 0.3 is 6.18 Å². The first kappa shape index (κ1) is 11.9. The van der Waals surface area contributed by atoms with Crippen molar-refractivity contribution in [1.82, 2.24) is 14.8 Å². The minimum absolute atomic E-state index is 0.0995. The highest BCUT2D eigenvalue weighted by Gasteiger charge is 2.34. The first-order chi connectivity index (χ1) is 9.00. The molecular formula is C10H6F4N4O. The minimum Gasteiger partial charge on any atom is -0.338 e. The predicted octanol–water partition coefficient (Wildman–Crippen LogP) is 2.75. The van der Waals surface area contributed by atoms with Crippen LogP contribution in [-0.2, 0) is 11.1 Å². The Balaban J connectivity index is 2.16. The number of alkyl halides is 3. The summed E-state index contributed by atoms with van der Waals surface area (Å²) in [6.07, 6.45) is -4.60. The Hall–Kier alpha value is -2.16. The highest BCUT2D eigenvalue weighted by molar-refractivity contribution is 5.76. The first-order valence-corrected chi connectivity index (χ1v) is 5.16. The van der Waals surface area contributed by atoms with E-state index in [9.17, 15) is 17.7 Å². The molecule has 0 saturated carbocycles. The molecule has 0 fully saturated rings. The third-order valence-corrected chi connectivity index (χ3v) is 2.75. The summed E-state index contributed by atoms with van der Waals surface area (Å²) < 4.78 is 51.3. The molecule has 1 unspecified atom stereocenters.